The molecule has 0 aromatic heterocycles. The van der Waals surface area contributed by atoms with Crippen molar-refractivity contribution in [2.24, 2.45) is 0 Å². The molecular formula is C25H21N3O5. The zero-order chi connectivity index (χ0) is 23.0. The molecule has 0 spiro atoms. The maximum Gasteiger partial charge on any atom is 0.325 e. The Kier molecular flexibility index (Phi) is 4.97. The molecule has 2 aliphatic rings. The van der Waals surface area contributed by atoms with Crippen molar-refractivity contribution in [3.05, 3.63) is 89.5 Å². The highest BCUT2D eigenvalue weighted by atomic mass is 16.7. The Labute approximate surface area is 190 Å². The van der Waals surface area contributed by atoms with Gasteiger partial charge in [-0.05, 0) is 54.4 Å². The number of amides is 4. The molecule has 5 rings (SSSR count). The van der Waals surface area contributed by atoms with Crippen LogP contribution in [0.15, 0.2) is 72.8 Å². The van der Waals surface area contributed by atoms with Crippen LogP contribution < -0.4 is 20.1 Å². The SMILES string of the molecule is CC1(c2ccc3c(c2)OCO3)NC(=O)N(Cc2ccc(C(=O)Nc3ccccc3)cc2)C1=O. The van der Waals surface area contributed by atoms with Crippen molar-refractivity contribution < 1.29 is 23.9 Å². The minimum absolute atomic E-state index is 0.0887. The van der Waals surface area contributed by atoms with E-state index >= 15 is 0 Å². The zero-order valence-electron chi connectivity index (χ0n) is 17.8. The monoisotopic (exact) mass is 443 g/mol. The molecule has 8 nitrogen and oxygen atoms in total. The number of fused-ring (bicyclic) bond motifs is 1. The summed E-state index contributed by atoms with van der Waals surface area (Å²) in [6, 6.07) is 20.7. The van der Waals surface area contributed by atoms with Gasteiger partial charge in [0.1, 0.15) is 5.54 Å². The molecule has 0 bridgehead atoms. The number of nitrogens with zero attached hydrogens (tertiary/aromatic N) is 1. The predicted octanol–water partition coefficient (Wildman–Crippen LogP) is 3.63. The molecule has 3 aromatic rings. The Bertz CT molecular complexity index is 1240. The fourth-order valence-electron chi connectivity index (χ4n) is 3.91. The van der Waals surface area contributed by atoms with Crippen LogP contribution in [-0.4, -0.2) is 29.5 Å². The van der Waals surface area contributed by atoms with E-state index in [0.29, 0.717) is 28.3 Å². The van der Waals surface area contributed by atoms with Crippen molar-refractivity contribution in [2.75, 3.05) is 12.1 Å². The largest absolute Gasteiger partial charge is 0.454 e. The summed E-state index contributed by atoms with van der Waals surface area (Å²) in [6.07, 6.45) is 0. The third kappa shape index (κ3) is 3.76. The van der Waals surface area contributed by atoms with Crippen LogP contribution in [0.5, 0.6) is 11.5 Å². The zero-order valence-corrected chi connectivity index (χ0v) is 17.8. The molecule has 1 atom stereocenters. The summed E-state index contributed by atoms with van der Waals surface area (Å²) in [5, 5.41) is 5.62. The second kappa shape index (κ2) is 7.98. The van der Waals surface area contributed by atoms with Crippen LogP contribution in [0.3, 0.4) is 0 Å². The van der Waals surface area contributed by atoms with Crippen molar-refractivity contribution in [1.82, 2.24) is 10.2 Å². The van der Waals surface area contributed by atoms with E-state index in [9.17, 15) is 14.4 Å². The number of nitrogens with one attached hydrogen (secondary N) is 2. The number of hydrogen-bond acceptors (Lipinski definition) is 5. The number of carbonyl (C=O) groups is 3. The Morgan fingerprint density at radius 1 is 1.00 bits per heavy atom. The molecule has 0 saturated carbocycles. The van der Waals surface area contributed by atoms with Crippen molar-refractivity contribution in [3.8, 4) is 11.5 Å². The number of hydrogen-bond donors (Lipinski definition) is 2. The van der Waals surface area contributed by atoms with Crippen LogP contribution in [0.2, 0.25) is 0 Å². The molecule has 1 unspecified atom stereocenters. The average molecular weight is 443 g/mol. The van der Waals surface area contributed by atoms with Gasteiger partial charge in [-0.15, -0.1) is 0 Å². The van der Waals surface area contributed by atoms with Gasteiger partial charge in [-0.3, -0.25) is 14.5 Å². The Hall–Kier alpha value is -4.33. The van der Waals surface area contributed by atoms with E-state index in [1.165, 1.54) is 4.90 Å². The standard InChI is InChI=1S/C25H21N3O5/c1-25(18-11-12-20-21(13-18)33-15-32-20)23(30)28(24(31)27-25)14-16-7-9-17(10-8-16)22(29)26-19-5-3-2-4-6-19/h2-13H,14-15H2,1H3,(H,26,29)(H,27,31). The van der Waals surface area contributed by atoms with Gasteiger partial charge in [0.15, 0.2) is 11.5 Å². The van der Waals surface area contributed by atoms with E-state index in [4.69, 9.17) is 9.47 Å². The van der Waals surface area contributed by atoms with Gasteiger partial charge in [-0.1, -0.05) is 36.4 Å². The smallest absolute Gasteiger partial charge is 0.325 e. The van der Waals surface area contributed by atoms with Gasteiger partial charge in [-0.2, -0.15) is 0 Å². The van der Waals surface area contributed by atoms with Gasteiger partial charge in [-0.25, -0.2) is 4.79 Å². The molecule has 0 aliphatic carbocycles. The van der Waals surface area contributed by atoms with Crippen LogP contribution in [0.25, 0.3) is 0 Å². The fraction of sp³-hybridized carbons (Fsp3) is 0.160. The lowest BCUT2D eigenvalue weighted by molar-refractivity contribution is -0.131. The van der Waals surface area contributed by atoms with Crippen LogP contribution in [0.1, 0.15) is 28.4 Å². The number of benzene rings is 3. The minimum Gasteiger partial charge on any atom is -0.454 e. The molecule has 4 amide bonds. The third-order valence-corrected chi connectivity index (χ3v) is 5.81. The van der Waals surface area contributed by atoms with Crippen LogP contribution in [0.4, 0.5) is 10.5 Å². The molecule has 0 radical (unpaired) electrons. The number of para-hydroxylation sites is 1. The maximum absolute atomic E-state index is 13.2. The quantitative estimate of drug-likeness (QED) is 0.587. The number of urea groups is 1. The maximum atomic E-state index is 13.2. The molecule has 3 aromatic carbocycles. The van der Waals surface area contributed by atoms with Crippen LogP contribution in [0, 0.1) is 0 Å². The normalized spacial score (nSPS) is 18.9. The summed E-state index contributed by atoms with van der Waals surface area (Å²) in [6.45, 7) is 1.88. The molecular weight excluding hydrogens is 422 g/mol. The lowest BCUT2D eigenvalue weighted by Crippen LogP contribution is -2.40. The number of imide groups is 1. The second-order valence-corrected chi connectivity index (χ2v) is 8.03. The summed E-state index contributed by atoms with van der Waals surface area (Å²) in [5.41, 5.74) is 1.30. The van der Waals surface area contributed by atoms with Crippen molar-refractivity contribution in [3.63, 3.8) is 0 Å². The Morgan fingerprint density at radius 2 is 1.73 bits per heavy atom. The summed E-state index contributed by atoms with van der Waals surface area (Å²) >= 11 is 0. The van der Waals surface area contributed by atoms with E-state index in [1.807, 2.05) is 18.2 Å². The summed E-state index contributed by atoms with van der Waals surface area (Å²) in [5.74, 6) is 0.543. The summed E-state index contributed by atoms with van der Waals surface area (Å²) in [7, 11) is 0. The molecule has 8 heteroatoms. The number of anilines is 1. The van der Waals surface area contributed by atoms with Gasteiger partial charge in [0.25, 0.3) is 11.8 Å². The minimum atomic E-state index is -1.21. The first-order chi connectivity index (χ1) is 15.9. The van der Waals surface area contributed by atoms with Crippen molar-refractivity contribution >= 4 is 23.5 Å². The Balaban J connectivity index is 1.30. The topological polar surface area (TPSA) is 97.0 Å². The second-order valence-electron chi connectivity index (χ2n) is 8.03. The molecule has 1 fully saturated rings. The average Bonchev–Trinajstić information content (AvgIpc) is 3.38. The van der Waals surface area contributed by atoms with Crippen LogP contribution in [-0.2, 0) is 16.9 Å². The molecule has 2 heterocycles. The molecule has 1 saturated heterocycles. The lowest BCUT2D eigenvalue weighted by Gasteiger charge is -2.22. The van der Waals surface area contributed by atoms with Gasteiger partial charge < -0.3 is 20.1 Å². The highest BCUT2D eigenvalue weighted by Crippen LogP contribution is 2.38. The first kappa shape index (κ1) is 20.6. The molecule has 33 heavy (non-hydrogen) atoms. The van der Waals surface area contributed by atoms with Gasteiger partial charge in [0, 0.05) is 11.3 Å². The fourth-order valence-corrected chi connectivity index (χ4v) is 3.91. The molecule has 166 valence electrons. The third-order valence-electron chi connectivity index (χ3n) is 5.81. The lowest BCUT2D eigenvalue weighted by atomic mass is 9.91. The number of ether oxygens (including phenoxy) is 2. The highest BCUT2D eigenvalue weighted by Gasteiger charge is 2.49. The number of rotatable bonds is 5. The van der Waals surface area contributed by atoms with Gasteiger partial charge >= 0.3 is 6.03 Å². The van der Waals surface area contributed by atoms with E-state index in [2.05, 4.69) is 10.6 Å². The molecule has 2 N–H and O–H groups in total. The van der Waals surface area contributed by atoms with E-state index in [1.54, 1.807) is 61.5 Å². The van der Waals surface area contributed by atoms with Crippen molar-refractivity contribution in [2.45, 2.75) is 19.0 Å². The summed E-state index contributed by atoms with van der Waals surface area (Å²) in [4.78, 5) is 39.5. The van der Waals surface area contributed by atoms with Crippen LogP contribution >= 0.6 is 0 Å². The van der Waals surface area contributed by atoms with Gasteiger partial charge in [0.2, 0.25) is 6.79 Å². The first-order valence-corrected chi connectivity index (χ1v) is 10.4. The highest BCUT2D eigenvalue weighted by molar-refractivity contribution is 6.07. The van der Waals surface area contributed by atoms with E-state index in [-0.39, 0.29) is 25.2 Å². The van der Waals surface area contributed by atoms with Gasteiger partial charge in [0.05, 0.1) is 6.54 Å². The van der Waals surface area contributed by atoms with E-state index in [0.717, 1.165) is 5.56 Å². The first-order valence-electron chi connectivity index (χ1n) is 10.4. The number of carbonyl (C=O) groups excluding carboxylic acids is 3. The Morgan fingerprint density at radius 3 is 2.48 bits per heavy atom. The predicted molar refractivity (Wildman–Crippen MR) is 120 cm³/mol. The van der Waals surface area contributed by atoms with E-state index < -0.39 is 11.6 Å². The van der Waals surface area contributed by atoms with Crippen molar-refractivity contribution in [1.29, 1.82) is 0 Å². The summed E-state index contributed by atoms with van der Waals surface area (Å²) < 4.78 is 10.7. The molecule has 2 aliphatic heterocycles.